The lowest BCUT2D eigenvalue weighted by Gasteiger charge is -2.05. The van der Waals surface area contributed by atoms with Crippen molar-refractivity contribution >= 4 is 22.9 Å². The molecule has 0 saturated carbocycles. The number of carbonyl (C=O) groups is 1. The maximum absolute atomic E-state index is 11.8. The van der Waals surface area contributed by atoms with E-state index in [1.807, 2.05) is 35.9 Å². The second kappa shape index (κ2) is 5.28. The van der Waals surface area contributed by atoms with Gasteiger partial charge in [0.05, 0.1) is 17.6 Å². The van der Waals surface area contributed by atoms with Crippen LogP contribution >= 0.6 is 0 Å². The monoisotopic (exact) mass is 285 g/mol. The maximum atomic E-state index is 11.8. The van der Waals surface area contributed by atoms with Gasteiger partial charge in [-0.05, 0) is 19.1 Å². The molecular formula is C14H15N5O2. The Morgan fingerprint density at radius 3 is 2.90 bits per heavy atom. The summed E-state index contributed by atoms with van der Waals surface area (Å²) in [5, 5.41) is 9.03. The number of nitrogens with zero attached hydrogens (tertiary/aromatic N) is 3. The molecule has 3 aromatic rings. The number of nitrogens with one attached hydrogen (secondary N) is 2. The second-order valence-electron chi connectivity index (χ2n) is 4.71. The second-order valence-corrected chi connectivity index (χ2v) is 4.71. The van der Waals surface area contributed by atoms with Gasteiger partial charge in [0.15, 0.2) is 5.82 Å². The topological polar surface area (TPSA) is 85.0 Å². The lowest BCUT2D eigenvalue weighted by molar-refractivity contribution is 0.251. The summed E-state index contributed by atoms with van der Waals surface area (Å²) in [6, 6.07) is 9.12. The minimum Gasteiger partial charge on any atom is -0.360 e. The van der Waals surface area contributed by atoms with Crippen molar-refractivity contribution in [2.45, 2.75) is 13.5 Å². The smallest absolute Gasteiger partial charge is 0.320 e. The summed E-state index contributed by atoms with van der Waals surface area (Å²) in [5.74, 6) is 1.80. The van der Waals surface area contributed by atoms with Crippen LogP contribution in [0.4, 0.5) is 10.6 Å². The summed E-state index contributed by atoms with van der Waals surface area (Å²) < 4.78 is 6.83. The van der Waals surface area contributed by atoms with Crippen LogP contribution in [0, 0.1) is 6.92 Å². The van der Waals surface area contributed by atoms with Gasteiger partial charge in [-0.3, -0.25) is 5.32 Å². The molecule has 7 heteroatoms. The van der Waals surface area contributed by atoms with Crippen LogP contribution in [0.2, 0.25) is 0 Å². The number of aryl methyl sites for hydroxylation is 2. The van der Waals surface area contributed by atoms with E-state index in [0.717, 1.165) is 16.9 Å². The van der Waals surface area contributed by atoms with Crippen molar-refractivity contribution in [1.82, 2.24) is 20.0 Å². The van der Waals surface area contributed by atoms with E-state index >= 15 is 0 Å². The van der Waals surface area contributed by atoms with Gasteiger partial charge in [0, 0.05) is 13.1 Å². The zero-order valence-corrected chi connectivity index (χ0v) is 11.8. The van der Waals surface area contributed by atoms with Crippen LogP contribution in [0.3, 0.4) is 0 Å². The number of anilines is 1. The number of carbonyl (C=O) groups excluding carboxylic acids is 1. The van der Waals surface area contributed by atoms with Gasteiger partial charge in [-0.15, -0.1) is 0 Å². The molecule has 0 unspecified atom stereocenters. The molecule has 3 rings (SSSR count). The Labute approximate surface area is 120 Å². The standard InChI is InChI=1S/C14H15N5O2/c1-9-7-12(18-21-9)17-14(20)15-8-13-16-10-5-3-4-6-11(10)19(13)2/h3-7H,8H2,1-2H3,(H2,15,17,18,20). The van der Waals surface area contributed by atoms with Crippen molar-refractivity contribution in [2.75, 3.05) is 5.32 Å². The molecule has 0 aliphatic rings. The Morgan fingerprint density at radius 1 is 1.38 bits per heavy atom. The first-order valence-corrected chi connectivity index (χ1v) is 6.52. The van der Waals surface area contributed by atoms with Gasteiger partial charge in [-0.1, -0.05) is 17.3 Å². The number of rotatable bonds is 3. The SMILES string of the molecule is Cc1cc(NC(=O)NCc2nc3ccccc3n2C)no1. The summed E-state index contributed by atoms with van der Waals surface area (Å²) in [7, 11) is 1.92. The summed E-state index contributed by atoms with van der Waals surface area (Å²) in [6.07, 6.45) is 0. The first-order valence-electron chi connectivity index (χ1n) is 6.52. The van der Waals surface area contributed by atoms with Gasteiger partial charge >= 0.3 is 6.03 Å². The lowest BCUT2D eigenvalue weighted by atomic mass is 10.3. The highest BCUT2D eigenvalue weighted by Crippen LogP contribution is 2.14. The Hall–Kier alpha value is -2.83. The Bertz CT molecular complexity index is 790. The molecule has 0 radical (unpaired) electrons. The normalized spacial score (nSPS) is 10.8. The van der Waals surface area contributed by atoms with Crippen LogP contribution in [-0.2, 0) is 13.6 Å². The van der Waals surface area contributed by atoms with Crippen molar-refractivity contribution in [2.24, 2.45) is 7.05 Å². The molecule has 1 aromatic carbocycles. The van der Waals surface area contributed by atoms with Crippen LogP contribution in [0.15, 0.2) is 34.9 Å². The highest BCUT2D eigenvalue weighted by Gasteiger charge is 2.09. The highest BCUT2D eigenvalue weighted by atomic mass is 16.5. The van der Waals surface area contributed by atoms with Gasteiger partial charge in [0.25, 0.3) is 0 Å². The number of benzene rings is 1. The number of para-hydroxylation sites is 2. The lowest BCUT2D eigenvalue weighted by Crippen LogP contribution is -2.29. The van der Waals surface area contributed by atoms with Gasteiger partial charge in [-0.25, -0.2) is 9.78 Å². The molecule has 108 valence electrons. The molecule has 2 heterocycles. The largest absolute Gasteiger partial charge is 0.360 e. The molecule has 0 aliphatic heterocycles. The van der Waals surface area contributed by atoms with Gasteiger partial charge in [0.2, 0.25) is 0 Å². The molecule has 0 fully saturated rings. The van der Waals surface area contributed by atoms with E-state index in [-0.39, 0.29) is 6.03 Å². The van der Waals surface area contributed by atoms with Crippen molar-refractivity contribution in [3.05, 3.63) is 41.9 Å². The van der Waals surface area contributed by atoms with Gasteiger partial charge in [0.1, 0.15) is 11.6 Å². The minimum absolute atomic E-state index is 0.327. The van der Waals surface area contributed by atoms with E-state index in [1.165, 1.54) is 0 Å². The van der Waals surface area contributed by atoms with E-state index < -0.39 is 0 Å². The summed E-state index contributed by atoms with van der Waals surface area (Å²) in [4.78, 5) is 16.3. The number of urea groups is 1. The maximum Gasteiger partial charge on any atom is 0.320 e. The van der Waals surface area contributed by atoms with Crippen molar-refractivity contribution < 1.29 is 9.32 Å². The molecule has 21 heavy (non-hydrogen) atoms. The third kappa shape index (κ3) is 2.71. The van der Waals surface area contributed by atoms with Crippen molar-refractivity contribution in [3.8, 4) is 0 Å². The van der Waals surface area contributed by atoms with Crippen LogP contribution in [0.1, 0.15) is 11.6 Å². The number of amides is 2. The number of fused-ring (bicyclic) bond motifs is 1. The van der Waals surface area contributed by atoms with E-state index in [4.69, 9.17) is 4.52 Å². The number of imidazole rings is 1. The predicted molar refractivity (Wildman–Crippen MR) is 77.8 cm³/mol. The first-order chi connectivity index (χ1) is 10.1. The zero-order chi connectivity index (χ0) is 14.8. The summed E-state index contributed by atoms with van der Waals surface area (Å²) in [5.41, 5.74) is 1.94. The molecule has 2 N–H and O–H groups in total. The van der Waals surface area contributed by atoms with Crippen LogP contribution < -0.4 is 10.6 Å². The van der Waals surface area contributed by atoms with E-state index in [0.29, 0.717) is 18.1 Å². The molecule has 2 amide bonds. The van der Waals surface area contributed by atoms with Crippen LogP contribution in [-0.4, -0.2) is 20.7 Å². The summed E-state index contributed by atoms with van der Waals surface area (Å²) in [6.45, 7) is 2.09. The molecule has 0 bridgehead atoms. The predicted octanol–water partition coefficient (Wildman–Crippen LogP) is 2.19. The summed E-state index contributed by atoms with van der Waals surface area (Å²) >= 11 is 0. The average Bonchev–Trinajstić information content (AvgIpc) is 3.01. The highest BCUT2D eigenvalue weighted by molar-refractivity contribution is 5.88. The third-order valence-electron chi connectivity index (χ3n) is 3.16. The fraction of sp³-hybridized carbons (Fsp3) is 0.214. The van der Waals surface area contributed by atoms with Crippen molar-refractivity contribution in [1.29, 1.82) is 0 Å². The van der Waals surface area contributed by atoms with E-state index in [9.17, 15) is 4.79 Å². The third-order valence-corrected chi connectivity index (χ3v) is 3.16. The van der Waals surface area contributed by atoms with Gasteiger partial charge < -0.3 is 14.4 Å². The number of aromatic nitrogens is 3. The van der Waals surface area contributed by atoms with Crippen LogP contribution in [0.5, 0.6) is 0 Å². The fourth-order valence-electron chi connectivity index (χ4n) is 2.10. The average molecular weight is 285 g/mol. The van der Waals surface area contributed by atoms with Gasteiger partial charge in [-0.2, -0.15) is 0 Å². The number of hydrogen-bond acceptors (Lipinski definition) is 4. The molecule has 0 aliphatic carbocycles. The first kappa shape index (κ1) is 13.2. The van der Waals surface area contributed by atoms with E-state index in [1.54, 1.807) is 13.0 Å². The van der Waals surface area contributed by atoms with E-state index in [2.05, 4.69) is 20.8 Å². The van der Waals surface area contributed by atoms with Crippen molar-refractivity contribution in [3.63, 3.8) is 0 Å². The Balaban J connectivity index is 1.66. The Morgan fingerprint density at radius 2 is 2.19 bits per heavy atom. The molecule has 0 atom stereocenters. The fourth-order valence-corrected chi connectivity index (χ4v) is 2.10. The molecule has 0 spiro atoms. The molecule has 2 aromatic heterocycles. The molecule has 0 saturated heterocycles. The zero-order valence-electron chi connectivity index (χ0n) is 11.8. The van der Waals surface area contributed by atoms with Crippen LogP contribution in [0.25, 0.3) is 11.0 Å². The molecule has 7 nitrogen and oxygen atoms in total. The number of hydrogen-bond donors (Lipinski definition) is 2. The Kier molecular flexibility index (Phi) is 3.31. The quantitative estimate of drug-likeness (QED) is 0.772. The molecular weight excluding hydrogens is 270 g/mol. The minimum atomic E-state index is -0.352.